The third kappa shape index (κ3) is 2.76. The van der Waals surface area contributed by atoms with Crippen molar-refractivity contribution in [3.8, 4) is 0 Å². The van der Waals surface area contributed by atoms with E-state index in [2.05, 4.69) is 39.2 Å². The highest BCUT2D eigenvalue weighted by atomic mass is 79.9. The average Bonchev–Trinajstić information content (AvgIpc) is 2.60. The van der Waals surface area contributed by atoms with Crippen LogP contribution in [0.15, 0.2) is 11.4 Å². The van der Waals surface area contributed by atoms with Crippen LogP contribution in [-0.4, -0.2) is 22.3 Å². The molecule has 1 aromatic rings. The largest absolute Gasteiger partial charge is 0.295 e. The molecule has 1 aromatic heterocycles. The molecule has 2 atom stereocenters. The lowest BCUT2D eigenvalue weighted by Gasteiger charge is -2.36. The molecule has 2 unspecified atom stereocenters. The molecule has 0 radical (unpaired) electrons. The topological polar surface area (TPSA) is 3.24 Å². The number of alkyl halides is 1. The Balaban J connectivity index is 2.02. The molecule has 4 heteroatoms. The summed E-state index contributed by atoms with van der Waals surface area (Å²) in [5.74, 6) is 0. The van der Waals surface area contributed by atoms with Crippen molar-refractivity contribution >= 4 is 38.9 Å². The van der Waals surface area contributed by atoms with Crippen LogP contribution in [0.25, 0.3) is 0 Å². The van der Waals surface area contributed by atoms with Gasteiger partial charge in [0.2, 0.25) is 0 Å². The number of rotatable bonds is 2. The van der Waals surface area contributed by atoms with E-state index < -0.39 is 0 Å². The predicted octanol–water partition coefficient (Wildman–Crippen LogP) is 4.15. The summed E-state index contributed by atoms with van der Waals surface area (Å²) in [5, 5.41) is 2.07. The van der Waals surface area contributed by atoms with Crippen molar-refractivity contribution in [2.45, 2.75) is 37.2 Å². The van der Waals surface area contributed by atoms with Crippen LogP contribution in [0.2, 0.25) is 4.34 Å². The molecule has 1 saturated heterocycles. The molecule has 15 heavy (non-hydrogen) atoms. The molecule has 0 amide bonds. The van der Waals surface area contributed by atoms with Gasteiger partial charge in [-0.25, -0.2) is 0 Å². The highest BCUT2D eigenvalue weighted by Gasteiger charge is 2.26. The fourth-order valence-corrected chi connectivity index (χ4v) is 3.61. The molecule has 0 saturated carbocycles. The SMILES string of the molecule is CC1C(Br)CCCN1Cc1ccsc1Cl. The van der Waals surface area contributed by atoms with Crippen molar-refractivity contribution in [2.24, 2.45) is 0 Å². The van der Waals surface area contributed by atoms with E-state index in [-0.39, 0.29) is 0 Å². The number of nitrogens with zero attached hydrogens (tertiary/aromatic N) is 1. The summed E-state index contributed by atoms with van der Waals surface area (Å²) in [5.41, 5.74) is 1.27. The number of hydrogen-bond donors (Lipinski definition) is 0. The highest BCUT2D eigenvalue weighted by molar-refractivity contribution is 9.09. The summed E-state index contributed by atoms with van der Waals surface area (Å²) < 4.78 is 0.943. The quantitative estimate of drug-likeness (QED) is 0.742. The van der Waals surface area contributed by atoms with Crippen molar-refractivity contribution in [1.29, 1.82) is 0 Å². The molecular formula is C11H15BrClNS. The second-order valence-electron chi connectivity index (χ2n) is 4.09. The van der Waals surface area contributed by atoms with E-state index in [1.165, 1.54) is 24.9 Å². The fourth-order valence-electron chi connectivity index (χ4n) is 2.04. The minimum absolute atomic E-state index is 0.606. The van der Waals surface area contributed by atoms with E-state index in [4.69, 9.17) is 11.6 Å². The smallest absolute Gasteiger partial charge is 0.0973 e. The summed E-state index contributed by atoms with van der Waals surface area (Å²) in [4.78, 5) is 3.14. The van der Waals surface area contributed by atoms with Gasteiger partial charge in [-0.3, -0.25) is 4.90 Å². The Labute approximate surface area is 109 Å². The van der Waals surface area contributed by atoms with E-state index in [1.807, 2.05) is 0 Å². The highest BCUT2D eigenvalue weighted by Crippen LogP contribution is 2.29. The molecule has 1 aliphatic rings. The number of hydrogen-bond acceptors (Lipinski definition) is 2. The monoisotopic (exact) mass is 307 g/mol. The van der Waals surface area contributed by atoms with Crippen molar-refractivity contribution in [2.75, 3.05) is 6.54 Å². The molecule has 1 nitrogen and oxygen atoms in total. The molecule has 2 heterocycles. The third-order valence-electron chi connectivity index (χ3n) is 3.09. The zero-order chi connectivity index (χ0) is 10.8. The van der Waals surface area contributed by atoms with Gasteiger partial charge in [-0.05, 0) is 43.3 Å². The second-order valence-corrected chi connectivity index (χ2v) is 6.78. The Morgan fingerprint density at radius 1 is 1.67 bits per heavy atom. The van der Waals surface area contributed by atoms with Gasteiger partial charge >= 0.3 is 0 Å². The Morgan fingerprint density at radius 2 is 2.47 bits per heavy atom. The van der Waals surface area contributed by atoms with E-state index in [1.54, 1.807) is 11.3 Å². The van der Waals surface area contributed by atoms with Crippen LogP contribution >= 0.6 is 38.9 Å². The van der Waals surface area contributed by atoms with Gasteiger partial charge in [-0.1, -0.05) is 27.5 Å². The summed E-state index contributed by atoms with van der Waals surface area (Å²) >= 11 is 11.5. The molecule has 0 aromatic carbocycles. The molecule has 0 N–H and O–H groups in total. The molecule has 84 valence electrons. The van der Waals surface area contributed by atoms with Gasteiger partial charge in [0.15, 0.2) is 0 Å². The molecule has 1 fully saturated rings. The maximum absolute atomic E-state index is 6.12. The first kappa shape index (κ1) is 11.9. The zero-order valence-corrected chi connectivity index (χ0v) is 11.9. The number of thiophene rings is 1. The number of piperidine rings is 1. The first-order valence-electron chi connectivity index (χ1n) is 5.28. The minimum atomic E-state index is 0.606. The number of likely N-dealkylation sites (tertiary alicyclic amines) is 1. The van der Waals surface area contributed by atoms with Crippen LogP contribution in [0.5, 0.6) is 0 Å². The zero-order valence-electron chi connectivity index (χ0n) is 8.75. The van der Waals surface area contributed by atoms with Crippen LogP contribution in [0, 0.1) is 0 Å². The lowest BCUT2D eigenvalue weighted by Crippen LogP contribution is -2.43. The Hall–Kier alpha value is 0.430. The summed E-state index contributed by atoms with van der Waals surface area (Å²) in [7, 11) is 0. The standard InChI is InChI=1S/C11H15BrClNS/c1-8-10(12)3-2-5-14(8)7-9-4-6-15-11(9)13/h4,6,8,10H,2-3,5,7H2,1H3. The van der Waals surface area contributed by atoms with E-state index in [0.717, 1.165) is 10.9 Å². The normalized spacial score (nSPS) is 28.2. The van der Waals surface area contributed by atoms with Gasteiger partial charge in [0, 0.05) is 17.4 Å². The first-order chi connectivity index (χ1) is 7.18. The maximum atomic E-state index is 6.12. The average molecular weight is 309 g/mol. The van der Waals surface area contributed by atoms with Gasteiger partial charge in [-0.2, -0.15) is 0 Å². The van der Waals surface area contributed by atoms with Crippen molar-refractivity contribution in [3.63, 3.8) is 0 Å². The lowest BCUT2D eigenvalue weighted by atomic mass is 10.0. The predicted molar refractivity (Wildman–Crippen MR) is 71.2 cm³/mol. The van der Waals surface area contributed by atoms with Crippen LogP contribution in [0.1, 0.15) is 25.3 Å². The van der Waals surface area contributed by atoms with Crippen LogP contribution in [0.3, 0.4) is 0 Å². The Bertz CT molecular complexity index is 328. The fraction of sp³-hybridized carbons (Fsp3) is 0.636. The van der Waals surface area contributed by atoms with Gasteiger partial charge in [0.1, 0.15) is 0 Å². The van der Waals surface area contributed by atoms with E-state index in [9.17, 15) is 0 Å². The van der Waals surface area contributed by atoms with Crippen LogP contribution in [-0.2, 0) is 6.54 Å². The second kappa shape index (κ2) is 5.17. The van der Waals surface area contributed by atoms with Crippen molar-refractivity contribution in [3.05, 3.63) is 21.3 Å². The summed E-state index contributed by atoms with van der Waals surface area (Å²) in [6.07, 6.45) is 2.57. The van der Waals surface area contributed by atoms with Gasteiger partial charge in [0.25, 0.3) is 0 Å². The Kier molecular flexibility index (Phi) is 4.10. The van der Waals surface area contributed by atoms with Gasteiger partial charge in [0.05, 0.1) is 4.34 Å². The van der Waals surface area contributed by atoms with Gasteiger partial charge in [-0.15, -0.1) is 11.3 Å². The van der Waals surface area contributed by atoms with Crippen molar-refractivity contribution in [1.82, 2.24) is 4.90 Å². The minimum Gasteiger partial charge on any atom is -0.295 e. The molecular weight excluding hydrogens is 294 g/mol. The van der Waals surface area contributed by atoms with Crippen molar-refractivity contribution < 1.29 is 0 Å². The molecule has 0 aliphatic carbocycles. The molecule has 0 spiro atoms. The molecule has 0 bridgehead atoms. The molecule has 2 rings (SSSR count). The number of halogens is 2. The molecule has 1 aliphatic heterocycles. The Morgan fingerprint density at radius 3 is 3.13 bits per heavy atom. The van der Waals surface area contributed by atoms with Crippen LogP contribution in [0.4, 0.5) is 0 Å². The van der Waals surface area contributed by atoms with Crippen LogP contribution < -0.4 is 0 Å². The van der Waals surface area contributed by atoms with E-state index >= 15 is 0 Å². The van der Waals surface area contributed by atoms with Gasteiger partial charge < -0.3 is 0 Å². The lowest BCUT2D eigenvalue weighted by molar-refractivity contribution is 0.160. The first-order valence-corrected chi connectivity index (χ1v) is 7.46. The summed E-state index contributed by atoms with van der Waals surface area (Å²) in [6, 6.07) is 2.74. The maximum Gasteiger partial charge on any atom is 0.0973 e. The summed E-state index contributed by atoms with van der Waals surface area (Å²) in [6.45, 7) is 4.47. The third-order valence-corrected chi connectivity index (χ3v) is 5.57. The van der Waals surface area contributed by atoms with E-state index in [0.29, 0.717) is 10.9 Å².